The Hall–Kier alpha value is -3.00. The van der Waals surface area contributed by atoms with Gasteiger partial charge in [0.15, 0.2) is 11.5 Å². The van der Waals surface area contributed by atoms with Crippen molar-refractivity contribution in [3.63, 3.8) is 0 Å². The number of nitrogens with one attached hydrogen (secondary N) is 1. The van der Waals surface area contributed by atoms with Crippen LogP contribution in [0.2, 0.25) is 0 Å². The van der Waals surface area contributed by atoms with Gasteiger partial charge in [0.05, 0.1) is 19.9 Å². The summed E-state index contributed by atoms with van der Waals surface area (Å²) in [4.78, 5) is 0.113. The highest BCUT2D eigenvalue weighted by atomic mass is 32.2. The Morgan fingerprint density at radius 1 is 1.00 bits per heavy atom. The van der Waals surface area contributed by atoms with Gasteiger partial charge >= 0.3 is 0 Å². The van der Waals surface area contributed by atoms with Crippen LogP contribution in [-0.4, -0.2) is 32.4 Å². The maximum absolute atomic E-state index is 13.1. The first-order valence-electron chi connectivity index (χ1n) is 8.75. The summed E-state index contributed by atoms with van der Waals surface area (Å²) in [6.45, 7) is 3.89. The van der Waals surface area contributed by atoms with Crippen LogP contribution in [0.4, 0.5) is 5.69 Å². The first-order valence-corrected chi connectivity index (χ1v) is 10.2. The second-order valence-corrected chi connectivity index (χ2v) is 8.11. The van der Waals surface area contributed by atoms with Gasteiger partial charge in [-0.1, -0.05) is 30.3 Å². The van der Waals surface area contributed by atoms with Crippen molar-refractivity contribution in [3.8, 4) is 22.8 Å². The lowest BCUT2D eigenvalue weighted by atomic mass is 10.2. The van der Waals surface area contributed by atoms with Crippen LogP contribution in [0.3, 0.4) is 0 Å². The second-order valence-electron chi connectivity index (χ2n) is 6.46. The van der Waals surface area contributed by atoms with Gasteiger partial charge in [-0.15, -0.1) is 0 Å². The lowest BCUT2D eigenvalue weighted by molar-refractivity contribution is 0.355. The Kier molecular flexibility index (Phi) is 5.60. The summed E-state index contributed by atoms with van der Waals surface area (Å²) in [7, 11) is -0.861. The predicted octanol–water partition coefficient (Wildman–Crippen LogP) is 3.95. The van der Waals surface area contributed by atoms with Crippen LogP contribution in [0.1, 0.15) is 19.9 Å². The predicted molar refractivity (Wildman–Crippen MR) is 108 cm³/mol. The average molecular weight is 401 g/mol. The number of nitrogens with zero attached hydrogens (tertiary/aromatic N) is 2. The smallest absolute Gasteiger partial charge is 0.265 e. The molecule has 0 unspecified atom stereocenters. The summed E-state index contributed by atoms with van der Waals surface area (Å²) in [6.07, 6.45) is 1.55. The molecule has 0 radical (unpaired) electrons. The lowest BCUT2D eigenvalue weighted by Crippen LogP contribution is -2.13. The van der Waals surface area contributed by atoms with E-state index in [0.29, 0.717) is 22.9 Å². The molecule has 3 rings (SSSR count). The SMILES string of the molecule is COc1ccc(NS(=O)(=O)c2cn(C(C)C)nc2-c2ccccc2)cc1OC. The normalized spacial score (nSPS) is 11.5. The highest BCUT2D eigenvalue weighted by Gasteiger charge is 2.25. The van der Waals surface area contributed by atoms with Crippen LogP contribution < -0.4 is 14.2 Å². The number of rotatable bonds is 7. The molecule has 1 aromatic heterocycles. The van der Waals surface area contributed by atoms with E-state index in [1.807, 2.05) is 44.2 Å². The fraction of sp³-hybridized carbons (Fsp3) is 0.250. The van der Waals surface area contributed by atoms with Gasteiger partial charge in [-0.3, -0.25) is 9.40 Å². The molecule has 0 aliphatic heterocycles. The third-order valence-electron chi connectivity index (χ3n) is 4.20. The van der Waals surface area contributed by atoms with Crippen molar-refractivity contribution >= 4 is 15.7 Å². The fourth-order valence-corrected chi connectivity index (χ4v) is 3.95. The summed E-state index contributed by atoms with van der Waals surface area (Å²) in [5, 5.41) is 4.50. The molecular weight excluding hydrogens is 378 g/mol. The minimum atomic E-state index is -3.88. The summed E-state index contributed by atoms with van der Waals surface area (Å²) in [6, 6.07) is 14.1. The molecule has 7 nitrogen and oxygen atoms in total. The molecule has 2 aromatic carbocycles. The third kappa shape index (κ3) is 3.96. The Morgan fingerprint density at radius 2 is 1.68 bits per heavy atom. The highest BCUT2D eigenvalue weighted by molar-refractivity contribution is 7.92. The van der Waals surface area contributed by atoms with Crippen LogP contribution in [0.25, 0.3) is 11.3 Å². The Labute approximate surface area is 165 Å². The van der Waals surface area contributed by atoms with Gasteiger partial charge in [-0.2, -0.15) is 5.10 Å². The number of methoxy groups -OCH3 is 2. The van der Waals surface area contributed by atoms with E-state index in [-0.39, 0.29) is 10.9 Å². The average Bonchev–Trinajstić information content (AvgIpc) is 3.15. The maximum atomic E-state index is 13.1. The number of hydrogen-bond acceptors (Lipinski definition) is 5. The molecule has 0 saturated heterocycles. The van der Waals surface area contributed by atoms with E-state index in [1.54, 1.807) is 29.1 Å². The van der Waals surface area contributed by atoms with E-state index < -0.39 is 10.0 Å². The molecule has 0 aliphatic rings. The number of benzene rings is 2. The zero-order valence-electron chi connectivity index (χ0n) is 16.2. The molecule has 1 N–H and O–H groups in total. The van der Waals surface area contributed by atoms with Crippen LogP contribution in [0.5, 0.6) is 11.5 Å². The van der Waals surface area contributed by atoms with Gasteiger partial charge in [0.1, 0.15) is 10.6 Å². The number of hydrogen-bond donors (Lipinski definition) is 1. The third-order valence-corrected chi connectivity index (χ3v) is 5.58. The lowest BCUT2D eigenvalue weighted by Gasteiger charge is -2.12. The molecule has 3 aromatic rings. The van der Waals surface area contributed by atoms with Crippen molar-refractivity contribution in [1.82, 2.24) is 9.78 Å². The summed E-state index contributed by atoms with van der Waals surface area (Å²) >= 11 is 0. The summed E-state index contributed by atoms with van der Waals surface area (Å²) in [5.41, 5.74) is 1.51. The van der Waals surface area contributed by atoms with Gasteiger partial charge in [-0.25, -0.2) is 8.42 Å². The molecule has 148 valence electrons. The largest absolute Gasteiger partial charge is 0.493 e. The standard InChI is InChI=1S/C20H23N3O4S/c1-14(2)23-13-19(20(21-23)15-8-6-5-7-9-15)28(24,25)22-16-10-11-17(26-3)18(12-16)27-4/h5-14,22H,1-4H3. The fourth-order valence-electron chi connectivity index (χ4n) is 2.74. The van der Waals surface area contributed by atoms with Crippen molar-refractivity contribution in [2.75, 3.05) is 18.9 Å². The van der Waals surface area contributed by atoms with Crippen molar-refractivity contribution in [1.29, 1.82) is 0 Å². The maximum Gasteiger partial charge on any atom is 0.265 e. The van der Waals surface area contributed by atoms with E-state index in [9.17, 15) is 8.42 Å². The van der Waals surface area contributed by atoms with E-state index in [1.165, 1.54) is 14.2 Å². The second kappa shape index (κ2) is 7.93. The van der Waals surface area contributed by atoms with E-state index >= 15 is 0 Å². The molecule has 0 fully saturated rings. The number of anilines is 1. The zero-order valence-corrected chi connectivity index (χ0v) is 17.0. The minimum absolute atomic E-state index is 0.0208. The molecule has 0 aliphatic carbocycles. The number of aromatic nitrogens is 2. The zero-order chi connectivity index (χ0) is 20.3. The molecule has 28 heavy (non-hydrogen) atoms. The highest BCUT2D eigenvalue weighted by Crippen LogP contribution is 2.32. The van der Waals surface area contributed by atoms with E-state index in [4.69, 9.17) is 9.47 Å². The van der Waals surface area contributed by atoms with E-state index in [0.717, 1.165) is 5.56 Å². The molecule has 0 atom stereocenters. The molecule has 0 bridgehead atoms. The minimum Gasteiger partial charge on any atom is -0.493 e. The molecule has 1 heterocycles. The number of sulfonamides is 1. The summed E-state index contributed by atoms with van der Waals surface area (Å²) in [5.74, 6) is 0.951. The number of ether oxygens (including phenoxy) is 2. The van der Waals surface area contributed by atoms with Crippen molar-refractivity contribution in [2.45, 2.75) is 24.8 Å². The van der Waals surface area contributed by atoms with Gasteiger partial charge in [0.2, 0.25) is 0 Å². The van der Waals surface area contributed by atoms with Gasteiger partial charge in [-0.05, 0) is 26.0 Å². The first-order chi connectivity index (χ1) is 13.4. The van der Waals surface area contributed by atoms with Crippen molar-refractivity contribution < 1.29 is 17.9 Å². The van der Waals surface area contributed by atoms with Crippen LogP contribution in [0.15, 0.2) is 59.6 Å². The van der Waals surface area contributed by atoms with Crippen LogP contribution >= 0.6 is 0 Å². The van der Waals surface area contributed by atoms with Crippen molar-refractivity contribution in [3.05, 3.63) is 54.7 Å². The molecule has 0 saturated carbocycles. The van der Waals surface area contributed by atoms with Gasteiger partial charge < -0.3 is 9.47 Å². The van der Waals surface area contributed by atoms with Crippen LogP contribution in [-0.2, 0) is 10.0 Å². The monoisotopic (exact) mass is 401 g/mol. The molecular formula is C20H23N3O4S. The quantitative estimate of drug-likeness (QED) is 0.648. The van der Waals surface area contributed by atoms with Gasteiger partial charge in [0.25, 0.3) is 10.0 Å². The van der Waals surface area contributed by atoms with Crippen LogP contribution in [0, 0.1) is 0 Å². The van der Waals surface area contributed by atoms with Gasteiger partial charge in [0, 0.05) is 23.9 Å². The Balaban J connectivity index is 2.04. The summed E-state index contributed by atoms with van der Waals surface area (Å²) < 4.78 is 41.0. The Bertz CT molecular complexity index is 1060. The topological polar surface area (TPSA) is 82.5 Å². The molecule has 0 spiro atoms. The first kappa shape index (κ1) is 19.8. The van der Waals surface area contributed by atoms with Crippen molar-refractivity contribution in [2.24, 2.45) is 0 Å². The molecule has 8 heteroatoms. The molecule has 0 amide bonds. The Morgan fingerprint density at radius 3 is 2.29 bits per heavy atom. The van der Waals surface area contributed by atoms with E-state index in [2.05, 4.69) is 9.82 Å².